The van der Waals surface area contributed by atoms with Crippen molar-refractivity contribution < 1.29 is 22.7 Å². The lowest BCUT2D eigenvalue weighted by atomic mass is 10.2. The van der Waals surface area contributed by atoms with Gasteiger partial charge in [0, 0.05) is 16.6 Å². The molecule has 0 aromatic heterocycles. The highest BCUT2D eigenvalue weighted by Crippen LogP contribution is 2.29. The molecule has 0 atom stereocenters. The number of hydrogen-bond acceptors (Lipinski definition) is 6. The fraction of sp³-hybridized carbons (Fsp3) is 0.100. The van der Waals surface area contributed by atoms with Crippen molar-refractivity contribution in [2.45, 2.75) is 11.4 Å². The summed E-state index contributed by atoms with van der Waals surface area (Å²) in [5.74, 6) is -0.466. The van der Waals surface area contributed by atoms with Gasteiger partial charge < -0.3 is 10.1 Å². The van der Waals surface area contributed by atoms with Crippen molar-refractivity contribution in [2.24, 2.45) is 5.10 Å². The highest BCUT2D eigenvalue weighted by atomic mass is 35.5. The summed E-state index contributed by atoms with van der Waals surface area (Å²) in [7, 11) is -4.13. The van der Waals surface area contributed by atoms with Crippen molar-refractivity contribution in [1.82, 2.24) is 10.7 Å². The van der Waals surface area contributed by atoms with Gasteiger partial charge in [0.15, 0.2) is 6.61 Å². The molecule has 2 amide bonds. The molecule has 4 aromatic rings. The Morgan fingerprint density at radius 3 is 2.10 bits per heavy atom. The SMILES string of the molecule is O=C(COc1ccc(/C=N/NC(=O)CN(c2cc(Cl)cc(Cl)c2)S(=O)(=O)c2ccccc2)cc1)NCc1ccccc1. The van der Waals surface area contributed by atoms with Crippen LogP contribution in [0.5, 0.6) is 5.75 Å². The van der Waals surface area contributed by atoms with Gasteiger partial charge in [-0.25, -0.2) is 13.8 Å². The highest BCUT2D eigenvalue weighted by Gasteiger charge is 2.27. The van der Waals surface area contributed by atoms with Crippen molar-refractivity contribution in [3.8, 4) is 5.75 Å². The standard InChI is InChI=1S/C30H26Cl2N4O5S/c31-24-15-25(32)17-26(16-24)36(42(39,40)28-9-5-2-6-10-28)20-29(37)35-34-19-23-11-13-27(14-12-23)41-21-30(38)33-18-22-7-3-1-4-8-22/h1-17,19H,18,20-21H2,(H,33,38)(H,35,37)/b34-19+. The van der Waals surface area contributed by atoms with Gasteiger partial charge in [-0.3, -0.25) is 13.9 Å². The third-order valence-electron chi connectivity index (χ3n) is 5.74. The topological polar surface area (TPSA) is 117 Å². The molecule has 0 bridgehead atoms. The van der Waals surface area contributed by atoms with Crippen molar-refractivity contribution in [1.29, 1.82) is 0 Å². The lowest BCUT2D eigenvalue weighted by Gasteiger charge is -2.24. The number of nitrogens with zero attached hydrogens (tertiary/aromatic N) is 2. The summed E-state index contributed by atoms with van der Waals surface area (Å²) in [6.45, 7) is -0.312. The van der Waals surface area contributed by atoms with E-state index < -0.39 is 22.5 Å². The van der Waals surface area contributed by atoms with Crippen molar-refractivity contribution in [3.63, 3.8) is 0 Å². The lowest BCUT2D eigenvalue weighted by Crippen LogP contribution is -2.39. The monoisotopic (exact) mass is 624 g/mol. The van der Waals surface area contributed by atoms with Crippen molar-refractivity contribution in [3.05, 3.63) is 124 Å². The van der Waals surface area contributed by atoms with Gasteiger partial charge in [0.1, 0.15) is 12.3 Å². The first-order valence-corrected chi connectivity index (χ1v) is 14.8. The molecule has 0 aliphatic heterocycles. The maximum Gasteiger partial charge on any atom is 0.264 e. The molecular weight excluding hydrogens is 599 g/mol. The number of anilines is 1. The van der Waals surface area contributed by atoms with Crippen LogP contribution < -0.4 is 19.8 Å². The molecule has 0 aliphatic carbocycles. The van der Waals surface area contributed by atoms with E-state index in [2.05, 4.69) is 15.8 Å². The number of amides is 2. The second-order valence-corrected chi connectivity index (χ2v) is 11.6. The van der Waals surface area contributed by atoms with Gasteiger partial charge in [-0.1, -0.05) is 71.7 Å². The van der Waals surface area contributed by atoms with E-state index in [1.54, 1.807) is 42.5 Å². The third-order valence-corrected chi connectivity index (χ3v) is 7.96. The largest absolute Gasteiger partial charge is 0.484 e. The minimum atomic E-state index is -4.13. The lowest BCUT2D eigenvalue weighted by molar-refractivity contribution is -0.123. The summed E-state index contributed by atoms with van der Waals surface area (Å²) in [6, 6.07) is 28.2. The van der Waals surface area contributed by atoms with Crippen LogP contribution in [-0.4, -0.2) is 39.6 Å². The zero-order chi connectivity index (χ0) is 30.0. The Morgan fingerprint density at radius 2 is 1.45 bits per heavy atom. The molecule has 0 saturated heterocycles. The van der Waals surface area contributed by atoms with Gasteiger partial charge in [0.05, 0.1) is 16.8 Å². The van der Waals surface area contributed by atoms with Crippen LogP contribution in [-0.2, 0) is 26.2 Å². The fourth-order valence-electron chi connectivity index (χ4n) is 3.71. The number of sulfonamides is 1. The summed E-state index contributed by atoms with van der Waals surface area (Å²) < 4.78 is 33.2. The quantitative estimate of drug-likeness (QED) is 0.169. The number of nitrogens with one attached hydrogen (secondary N) is 2. The van der Waals surface area contributed by atoms with Crippen LogP contribution in [0.3, 0.4) is 0 Å². The average molecular weight is 626 g/mol. The predicted molar refractivity (Wildman–Crippen MR) is 163 cm³/mol. The maximum absolute atomic E-state index is 13.4. The Bertz CT molecular complexity index is 1630. The Balaban J connectivity index is 1.34. The fourth-order valence-corrected chi connectivity index (χ4v) is 5.65. The number of ether oxygens (including phenoxy) is 1. The molecule has 9 nitrogen and oxygen atoms in total. The maximum atomic E-state index is 13.4. The van der Waals surface area contributed by atoms with Crippen LogP contribution in [0.1, 0.15) is 11.1 Å². The number of halogens is 2. The first kappa shape index (κ1) is 30.6. The molecule has 0 fully saturated rings. The van der Waals surface area contributed by atoms with Crippen molar-refractivity contribution in [2.75, 3.05) is 17.5 Å². The Hall–Kier alpha value is -4.38. The number of carbonyl (C=O) groups excluding carboxylic acids is 2. The zero-order valence-electron chi connectivity index (χ0n) is 22.1. The third kappa shape index (κ3) is 8.81. The second-order valence-electron chi connectivity index (χ2n) is 8.87. The van der Waals surface area contributed by atoms with Crippen LogP contribution in [0, 0.1) is 0 Å². The molecular formula is C30H26Cl2N4O5S. The van der Waals surface area contributed by atoms with Crippen LogP contribution >= 0.6 is 23.2 Å². The smallest absolute Gasteiger partial charge is 0.264 e. The molecule has 0 radical (unpaired) electrons. The van der Waals surface area contributed by atoms with E-state index in [1.165, 1.54) is 36.5 Å². The summed E-state index contributed by atoms with van der Waals surface area (Å²) in [5.41, 5.74) is 4.08. The van der Waals surface area contributed by atoms with Gasteiger partial charge in [-0.15, -0.1) is 0 Å². The summed E-state index contributed by atoms with van der Waals surface area (Å²) >= 11 is 12.2. The van der Waals surface area contributed by atoms with Gasteiger partial charge >= 0.3 is 0 Å². The number of benzene rings is 4. The second kappa shape index (κ2) is 14.5. The number of rotatable bonds is 12. The van der Waals surface area contributed by atoms with E-state index in [-0.39, 0.29) is 33.1 Å². The molecule has 4 rings (SSSR count). The highest BCUT2D eigenvalue weighted by molar-refractivity contribution is 7.92. The van der Waals surface area contributed by atoms with Crippen LogP contribution in [0.4, 0.5) is 5.69 Å². The number of carbonyl (C=O) groups is 2. The molecule has 0 saturated carbocycles. The average Bonchev–Trinajstić information content (AvgIpc) is 2.99. The van der Waals surface area contributed by atoms with Crippen LogP contribution in [0.15, 0.2) is 113 Å². The molecule has 4 aromatic carbocycles. The molecule has 0 heterocycles. The number of hydrazone groups is 1. The number of hydrogen-bond donors (Lipinski definition) is 2. The molecule has 0 spiro atoms. The summed E-state index contributed by atoms with van der Waals surface area (Å²) in [6.07, 6.45) is 1.39. The Labute approximate surface area is 253 Å². The Kier molecular flexibility index (Phi) is 10.6. The van der Waals surface area contributed by atoms with E-state index >= 15 is 0 Å². The molecule has 0 unspecified atom stereocenters. The predicted octanol–water partition coefficient (Wildman–Crippen LogP) is 5.03. The molecule has 0 aliphatic rings. The van der Waals surface area contributed by atoms with Crippen molar-refractivity contribution >= 4 is 56.9 Å². The molecule has 216 valence electrons. The summed E-state index contributed by atoms with van der Waals surface area (Å²) in [4.78, 5) is 24.8. The van der Waals surface area contributed by atoms with E-state index in [4.69, 9.17) is 27.9 Å². The molecule has 42 heavy (non-hydrogen) atoms. The van der Waals surface area contributed by atoms with Gasteiger partial charge in [-0.2, -0.15) is 5.10 Å². The van der Waals surface area contributed by atoms with Gasteiger partial charge in [0.2, 0.25) is 0 Å². The van der Waals surface area contributed by atoms with Crippen LogP contribution in [0.25, 0.3) is 0 Å². The zero-order valence-corrected chi connectivity index (χ0v) is 24.4. The van der Waals surface area contributed by atoms with Gasteiger partial charge in [-0.05, 0) is 65.7 Å². The Morgan fingerprint density at radius 1 is 0.833 bits per heavy atom. The summed E-state index contributed by atoms with van der Waals surface area (Å²) in [5, 5.41) is 7.14. The van der Waals surface area contributed by atoms with E-state index in [1.807, 2.05) is 30.3 Å². The minimum absolute atomic E-state index is 0.00613. The molecule has 2 N–H and O–H groups in total. The van der Waals surface area contributed by atoms with E-state index in [0.717, 1.165) is 9.87 Å². The van der Waals surface area contributed by atoms with E-state index in [9.17, 15) is 18.0 Å². The first-order valence-electron chi connectivity index (χ1n) is 12.6. The first-order chi connectivity index (χ1) is 20.2. The normalized spacial score (nSPS) is 11.2. The molecule has 12 heteroatoms. The van der Waals surface area contributed by atoms with Crippen LogP contribution in [0.2, 0.25) is 10.0 Å². The van der Waals surface area contributed by atoms with Gasteiger partial charge in [0.25, 0.3) is 21.8 Å². The van der Waals surface area contributed by atoms with E-state index in [0.29, 0.717) is 17.9 Å². The minimum Gasteiger partial charge on any atom is -0.484 e.